The number of hydrogen-bond acceptors (Lipinski definition) is 15. The summed E-state index contributed by atoms with van der Waals surface area (Å²) in [6.45, 7) is 11.8. The van der Waals surface area contributed by atoms with E-state index < -0.39 is 97.5 Å². The van der Waals surface area contributed by atoms with E-state index in [9.17, 15) is 43.2 Å². The fourth-order valence-electron chi connectivity index (χ4n) is 11.2. The first-order chi connectivity index (χ1) is 46.3. The van der Waals surface area contributed by atoms with Gasteiger partial charge in [0.25, 0.3) is 0 Å². The number of hydrogen-bond donors (Lipinski definition) is 3. The average Bonchev–Trinajstić information content (AvgIpc) is 1.20. The number of rotatable bonds is 73. The molecule has 0 saturated carbocycles. The highest BCUT2D eigenvalue weighted by molar-refractivity contribution is 7.47. The molecule has 0 rings (SSSR count). The van der Waals surface area contributed by atoms with E-state index in [1.54, 1.807) is 0 Å². The predicted octanol–water partition coefficient (Wildman–Crippen LogP) is 22.1. The van der Waals surface area contributed by atoms with Crippen molar-refractivity contribution in [1.82, 2.24) is 0 Å². The van der Waals surface area contributed by atoms with Crippen molar-refractivity contribution < 1.29 is 80.2 Å². The third-order valence-electron chi connectivity index (χ3n) is 18.0. The summed E-state index contributed by atoms with van der Waals surface area (Å²) in [4.78, 5) is 72.8. The molecule has 0 aromatic rings. The van der Waals surface area contributed by atoms with Gasteiger partial charge in [0.2, 0.25) is 0 Å². The molecule has 0 fully saturated rings. The van der Waals surface area contributed by atoms with Crippen molar-refractivity contribution in [2.45, 2.75) is 388 Å². The van der Waals surface area contributed by atoms with Crippen molar-refractivity contribution in [2.24, 2.45) is 17.8 Å². The van der Waals surface area contributed by atoms with Gasteiger partial charge in [0.1, 0.15) is 19.3 Å². The van der Waals surface area contributed by atoms with Gasteiger partial charge in [-0.2, -0.15) is 0 Å². The van der Waals surface area contributed by atoms with Gasteiger partial charge in [-0.1, -0.05) is 317 Å². The molecule has 3 N–H and O–H groups in total. The normalized spacial score (nSPS) is 14.8. The molecule has 19 heteroatoms. The molecule has 96 heavy (non-hydrogen) atoms. The Morgan fingerprint density at radius 3 is 0.927 bits per heavy atom. The minimum absolute atomic E-state index is 0.100. The van der Waals surface area contributed by atoms with Gasteiger partial charge in [-0.05, 0) is 69.1 Å². The van der Waals surface area contributed by atoms with Crippen LogP contribution in [-0.4, -0.2) is 96.7 Å². The molecule has 0 saturated heterocycles. The van der Waals surface area contributed by atoms with Gasteiger partial charge in [0.15, 0.2) is 12.2 Å². The zero-order valence-corrected chi connectivity index (χ0v) is 64.1. The smallest absolute Gasteiger partial charge is 0.462 e. The summed E-state index contributed by atoms with van der Waals surface area (Å²) < 4.78 is 68.5. The molecular formula is C77H146O17P2. The second kappa shape index (κ2) is 67.1. The number of carbonyl (C=O) groups excluding carboxylic acids is 4. The summed E-state index contributed by atoms with van der Waals surface area (Å²) >= 11 is 0. The summed E-state index contributed by atoms with van der Waals surface area (Å²) in [5.41, 5.74) is 0. The molecule has 17 nitrogen and oxygen atoms in total. The van der Waals surface area contributed by atoms with Gasteiger partial charge in [-0.3, -0.25) is 37.3 Å². The number of allylic oxidation sites excluding steroid dienone is 4. The summed E-state index contributed by atoms with van der Waals surface area (Å²) in [5, 5.41) is 10.6. The lowest BCUT2D eigenvalue weighted by molar-refractivity contribution is -0.161. The molecule has 0 bridgehead atoms. The van der Waals surface area contributed by atoms with Crippen LogP contribution in [0.4, 0.5) is 0 Å². The summed E-state index contributed by atoms with van der Waals surface area (Å²) in [7, 11) is -9.93. The first-order valence-corrected chi connectivity index (χ1v) is 42.2. The number of carbonyl (C=O) groups is 4. The Morgan fingerprint density at radius 1 is 0.344 bits per heavy atom. The number of unbranched alkanes of at least 4 members (excludes halogenated alkanes) is 36. The lowest BCUT2D eigenvalue weighted by Gasteiger charge is -2.21. The fraction of sp³-hybridized carbons (Fsp3) is 0.896. The first kappa shape index (κ1) is 93.5. The van der Waals surface area contributed by atoms with Gasteiger partial charge in [0.05, 0.1) is 26.4 Å². The average molecular weight is 1410 g/mol. The number of phosphoric acid groups is 2. The maximum Gasteiger partial charge on any atom is 0.472 e. The standard InChI is InChI=1S/C77H146O17P2/c1-8-11-12-13-14-15-16-17-18-22-25-28-37-44-51-58-74(79)87-64-72(93-76(81)60-53-46-39-29-26-23-20-19-21-24-27-35-42-49-56-69(6)9-2)66-91-95(83,84)89-62-71(78)63-90-96(85,86)92-67-73(65-88-75(80)59-52-45-38-32-30-34-41-48-55-68(4)5)94-77(82)61-54-47-40-33-31-36-43-50-57-70(7)10-3/h15-18,68-73,78H,8-14,19-67H2,1-7H3,(H,83,84)(H,85,86)/b16-15-,18-17-/t69?,70?,71?,72-,73-/m1/s1. The van der Waals surface area contributed by atoms with Crippen LogP contribution >= 0.6 is 15.6 Å². The summed E-state index contributed by atoms with van der Waals surface area (Å²) in [6.07, 6.45) is 56.2. The van der Waals surface area contributed by atoms with E-state index in [1.165, 1.54) is 161 Å². The molecule has 0 spiro atoms. The van der Waals surface area contributed by atoms with Crippen LogP contribution in [-0.2, 0) is 65.4 Å². The quantitative estimate of drug-likeness (QED) is 0.0169. The summed E-state index contributed by atoms with van der Waals surface area (Å²) in [6, 6.07) is 0. The van der Waals surface area contributed by atoms with Crippen LogP contribution in [0.1, 0.15) is 370 Å². The van der Waals surface area contributed by atoms with Gasteiger partial charge in [-0.15, -0.1) is 0 Å². The third kappa shape index (κ3) is 67.4. The maximum atomic E-state index is 13.1. The fourth-order valence-corrected chi connectivity index (χ4v) is 12.8. The molecule has 0 heterocycles. The van der Waals surface area contributed by atoms with Crippen molar-refractivity contribution in [3.8, 4) is 0 Å². The van der Waals surface area contributed by atoms with Crippen LogP contribution in [0.5, 0.6) is 0 Å². The number of phosphoric ester groups is 2. The molecule has 0 aliphatic rings. The summed E-state index contributed by atoms with van der Waals surface area (Å²) in [5.74, 6) is 0.188. The lowest BCUT2D eigenvalue weighted by atomic mass is 9.99. The lowest BCUT2D eigenvalue weighted by Crippen LogP contribution is -2.30. The Morgan fingerprint density at radius 2 is 0.615 bits per heavy atom. The Balaban J connectivity index is 5.29. The highest BCUT2D eigenvalue weighted by Gasteiger charge is 2.30. The second-order valence-electron chi connectivity index (χ2n) is 28.0. The molecule has 0 aromatic heterocycles. The van der Waals surface area contributed by atoms with Gasteiger partial charge < -0.3 is 33.8 Å². The van der Waals surface area contributed by atoms with Crippen molar-refractivity contribution >= 4 is 39.5 Å². The zero-order valence-electron chi connectivity index (χ0n) is 62.3. The molecule has 0 radical (unpaired) electrons. The monoisotopic (exact) mass is 1410 g/mol. The SMILES string of the molecule is CCCCCC/C=C\C=C/CCCCCCCC(=O)OC[C@H](COP(=O)(O)OCC(O)COP(=O)(O)OC[C@@H](COC(=O)CCCCCCCCCCC(C)C)OC(=O)CCCCCCCCCCC(C)CC)OC(=O)CCCCCCCCCCCCCCCCC(C)CC. The van der Waals surface area contributed by atoms with Gasteiger partial charge in [-0.25, -0.2) is 9.13 Å². The molecule has 566 valence electrons. The van der Waals surface area contributed by atoms with Crippen molar-refractivity contribution in [1.29, 1.82) is 0 Å². The topological polar surface area (TPSA) is 237 Å². The number of ether oxygens (including phenoxy) is 4. The van der Waals surface area contributed by atoms with E-state index in [2.05, 4.69) is 72.8 Å². The highest BCUT2D eigenvalue weighted by atomic mass is 31.2. The molecule has 7 atom stereocenters. The molecule has 0 aliphatic carbocycles. The molecule has 5 unspecified atom stereocenters. The van der Waals surface area contributed by atoms with E-state index in [-0.39, 0.29) is 25.7 Å². The van der Waals surface area contributed by atoms with E-state index in [0.717, 1.165) is 127 Å². The Hall–Kier alpha value is -2.46. The second-order valence-corrected chi connectivity index (χ2v) is 30.9. The van der Waals surface area contributed by atoms with Gasteiger partial charge >= 0.3 is 39.5 Å². The number of aliphatic hydroxyl groups excluding tert-OH is 1. The molecule has 0 amide bonds. The van der Waals surface area contributed by atoms with E-state index in [1.807, 2.05) is 0 Å². The maximum absolute atomic E-state index is 13.1. The largest absolute Gasteiger partial charge is 0.472 e. The van der Waals surface area contributed by atoms with Crippen LogP contribution in [0, 0.1) is 17.8 Å². The van der Waals surface area contributed by atoms with E-state index in [4.69, 9.17) is 37.0 Å². The zero-order chi connectivity index (χ0) is 70.9. The van der Waals surface area contributed by atoms with E-state index >= 15 is 0 Å². The predicted molar refractivity (Wildman–Crippen MR) is 390 cm³/mol. The van der Waals surface area contributed by atoms with Crippen LogP contribution < -0.4 is 0 Å². The third-order valence-corrected chi connectivity index (χ3v) is 19.9. The van der Waals surface area contributed by atoms with Crippen molar-refractivity contribution in [3.63, 3.8) is 0 Å². The van der Waals surface area contributed by atoms with Crippen LogP contribution in [0.15, 0.2) is 24.3 Å². The highest BCUT2D eigenvalue weighted by Crippen LogP contribution is 2.45. The minimum Gasteiger partial charge on any atom is -0.462 e. The Kier molecular flexibility index (Phi) is 65.3. The molecular weight excluding hydrogens is 1260 g/mol. The van der Waals surface area contributed by atoms with Crippen LogP contribution in [0.3, 0.4) is 0 Å². The van der Waals surface area contributed by atoms with Crippen molar-refractivity contribution in [2.75, 3.05) is 39.6 Å². The van der Waals surface area contributed by atoms with Crippen LogP contribution in [0.2, 0.25) is 0 Å². The van der Waals surface area contributed by atoms with Gasteiger partial charge in [0, 0.05) is 25.7 Å². The Bertz CT molecular complexity index is 1970. The molecule has 0 aromatic carbocycles. The van der Waals surface area contributed by atoms with E-state index in [0.29, 0.717) is 25.7 Å². The number of aliphatic hydroxyl groups is 1. The number of esters is 4. The van der Waals surface area contributed by atoms with Crippen molar-refractivity contribution in [3.05, 3.63) is 24.3 Å². The van der Waals surface area contributed by atoms with Crippen LogP contribution in [0.25, 0.3) is 0 Å². The Labute approximate surface area is 586 Å². The minimum atomic E-state index is -4.97. The first-order valence-electron chi connectivity index (χ1n) is 39.2. The molecule has 0 aliphatic heterocycles.